The predicted molar refractivity (Wildman–Crippen MR) is 129 cm³/mol. The molecular weight excluding hydrogens is 514 g/mol. The van der Waals surface area contributed by atoms with E-state index in [4.69, 9.17) is 11.6 Å². The van der Waals surface area contributed by atoms with Gasteiger partial charge >= 0.3 is 17.1 Å². The summed E-state index contributed by atoms with van der Waals surface area (Å²) in [6.45, 7) is 0. The topological polar surface area (TPSA) is 171 Å². The van der Waals surface area contributed by atoms with E-state index in [1.807, 2.05) is 0 Å². The number of aliphatic imine (C=N–C) groups is 1. The molecule has 4 rings (SSSR count). The fourth-order valence-corrected chi connectivity index (χ4v) is 6.39. The lowest BCUT2D eigenvalue weighted by Gasteiger charge is -2.37. The minimum absolute atomic E-state index is 0.0274. The van der Waals surface area contributed by atoms with Gasteiger partial charge in [-0.05, 0) is 17.7 Å². The van der Waals surface area contributed by atoms with Gasteiger partial charge in [0.1, 0.15) is 22.7 Å². The lowest BCUT2D eigenvalue weighted by molar-refractivity contribution is -0.136. The number of methoxy groups -OCH3 is 1. The van der Waals surface area contributed by atoms with Gasteiger partial charge in [-0.1, -0.05) is 41.9 Å². The predicted octanol–water partition coefficient (Wildman–Crippen LogP) is 0.400. The number of rotatable bonds is 6. The number of nitrogens with zero attached hydrogens (tertiary/aromatic N) is 1. The van der Waals surface area contributed by atoms with Crippen molar-refractivity contribution in [2.24, 2.45) is 4.99 Å². The van der Waals surface area contributed by atoms with Crippen LogP contribution in [-0.2, 0) is 39.6 Å². The molecule has 3 aliphatic rings. The molecule has 11 nitrogen and oxygen atoms in total. The normalized spacial score (nSPS) is 25.1. The van der Waals surface area contributed by atoms with E-state index in [1.165, 1.54) is 0 Å². The maximum Gasteiger partial charge on any atom is 0.363 e. The van der Waals surface area contributed by atoms with Crippen molar-refractivity contribution >= 4 is 57.0 Å². The largest absolute Gasteiger partial charge is 0.507 e. The zero-order valence-corrected chi connectivity index (χ0v) is 20.1. The number of halogens is 1. The number of nitrogens with one attached hydrogen (secondary N) is 2. The monoisotopic (exact) mass is 532 g/mol. The number of carboxylic acids is 1. The zero-order chi connectivity index (χ0) is 26.1. The summed E-state index contributed by atoms with van der Waals surface area (Å²) in [6, 6.07) is 5.65. The highest BCUT2D eigenvalue weighted by molar-refractivity contribution is 8.14. The van der Waals surface area contributed by atoms with Crippen LogP contribution in [0.2, 0.25) is 0 Å². The fraction of sp³-hybridized carbons (Fsp3) is 0.217. The van der Waals surface area contributed by atoms with Crippen molar-refractivity contribution in [1.29, 1.82) is 0 Å². The van der Waals surface area contributed by atoms with Gasteiger partial charge in [-0.15, -0.1) is 0 Å². The second kappa shape index (κ2) is 9.99. The number of amides is 1. The van der Waals surface area contributed by atoms with E-state index in [2.05, 4.69) is 20.4 Å². The summed E-state index contributed by atoms with van der Waals surface area (Å²) in [5.41, 5.74) is -0.880. The van der Waals surface area contributed by atoms with Crippen LogP contribution in [-0.4, -0.2) is 68.9 Å². The molecule has 1 saturated heterocycles. The Balaban J connectivity index is 1.67. The molecule has 0 saturated carbocycles. The van der Waals surface area contributed by atoms with Crippen molar-refractivity contribution in [3.05, 3.63) is 70.1 Å². The van der Waals surface area contributed by atoms with Crippen molar-refractivity contribution in [1.82, 2.24) is 10.6 Å². The molecule has 186 valence electrons. The van der Waals surface area contributed by atoms with Gasteiger partial charge in [0.05, 0.1) is 23.0 Å². The van der Waals surface area contributed by atoms with Crippen LogP contribution in [0.25, 0.3) is 0 Å². The van der Waals surface area contributed by atoms with Crippen LogP contribution in [0.4, 0.5) is 0 Å². The van der Waals surface area contributed by atoms with Gasteiger partial charge in [0.15, 0.2) is 11.8 Å². The molecular formula is C23H19ClN3O8S+. The van der Waals surface area contributed by atoms with Crippen LogP contribution in [0, 0.1) is 0 Å². The Bertz CT molecular complexity index is 1300. The summed E-state index contributed by atoms with van der Waals surface area (Å²) < 4.78 is 4.65. The van der Waals surface area contributed by atoms with Gasteiger partial charge in [0, 0.05) is 0 Å². The quantitative estimate of drug-likeness (QED) is 0.230. The Morgan fingerprint density at radius 1 is 1.22 bits per heavy atom. The molecule has 1 aliphatic carbocycles. The van der Waals surface area contributed by atoms with Gasteiger partial charge in [0.2, 0.25) is 23.1 Å². The number of aliphatic hydroxyl groups excluding tert-OH is 1. The summed E-state index contributed by atoms with van der Waals surface area (Å²) in [5, 5.41) is 23.8. The number of allylic oxidation sites excluding steroid dienone is 2. The summed E-state index contributed by atoms with van der Waals surface area (Å²) in [6.07, 6.45) is 2.02. The molecule has 13 heteroatoms. The maximum absolute atomic E-state index is 13.4. The Morgan fingerprint density at radius 2 is 1.92 bits per heavy atom. The molecule has 1 amide bonds. The molecule has 1 aromatic carbocycles. The van der Waals surface area contributed by atoms with Gasteiger partial charge in [-0.2, -0.15) is 0 Å². The third-order valence-corrected chi connectivity index (χ3v) is 8.46. The maximum atomic E-state index is 13.4. The Hall–Kier alpha value is -3.90. The average Bonchev–Trinajstić information content (AvgIpc) is 2.87. The number of aliphatic hydroxyl groups is 1. The van der Waals surface area contributed by atoms with E-state index < -0.39 is 69.0 Å². The van der Waals surface area contributed by atoms with Crippen molar-refractivity contribution in [3.8, 4) is 0 Å². The first-order chi connectivity index (χ1) is 17.1. The fourth-order valence-electron chi connectivity index (χ4n) is 3.83. The summed E-state index contributed by atoms with van der Waals surface area (Å²) >= 11 is 5.99. The van der Waals surface area contributed by atoms with Gasteiger partial charge in [0.25, 0.3) is 0 Å². The number of ketones is 1. The van der Waals surface area contributed by atoms with Gasteiger partial charge < -0.3 is 25.6 Å². The third kappa shape index (κ3) is 4.52. The van der Waals surface area contributed by atoms with E-state index in [0.717, 1.165) is 19.3 Å². The van der Waals surface area contributed by atoms with Crippen molar-refractivity contribution < 1.29 is 38.9 Å². The van der Waals surface area contributed by atoms with Crippen molar-refractivity contribution in [3.63, 3.8) is 0 Å². The first kappa shape index (κ1) is 25.2. The first-order valence-corrected chi connectivity index (χ1v) is 12.3. The van der Waals surface area contributed by atoms with E-state index >= 15 is 0 Å². The standard InChI is InChI=1S/C23H18ClN3O8S/c1-35-22(33)14-12(28)7-8-13(29)17(14)25-15(10-5-3-2-4-6-10)19(30)26-18-20-27-16(21(31)32)11(24)9-36(20)23(18)34/h2-8,15,18,20,27H,9H2,1H3,(H2-,25,26,28,30,31,32,33)/p+1. The molecule has 1 fully saturated rings. The number of esters is 1. The van der Waals surface area contributed by atoms with Crippen molar-refractivity contribution in [2.75, 3.05) is 12.9 Å². The third-order valence-electron chi connectivity index (χ3n) is 5.60. The van der Waals surface area contributed by atoms with E-state index in [1.54, 1.807) is 30.3 Å². The van der Waals surface area contributed by atoms with Crippen LogP contribution in [0.15, 0.2) is 69.5 Å². The number of ether oxygens (including phenoxy) is 1. The number of carboxylic acid groups (broad SMARTS) is 1. The molecule has 0 spiro atoms. The summed E-state index contributed by atoms with van der Waals surface area (Å²) in [5.74, 6) is -4.31. The van der Waals surface area contributed by atoms with E-state index in [9.17, 15) is 34.2 Å². The Labute approximate surface area is 211 Å². The molecule has 0 bridgehead atoms. The number of benzene rings is 1. The lowest BCUT2D eigenvalue weighted by Crippen LogP contribution is -2.72. The minimum Gasteiger partial charge on any atom is -0.507 e. The first-order valence-electron chi connectivity index (χ1n) is 10.4. The van der Waals surface area contributed by atoms with Crippen LogP contribution in [0.3, 0.4) is 0 Å². The van der Waals surface area contributed by atoms with Crippen molar-refractivity contribution in [2.45, 2.75) is 17.5 Å². The summed E-state index contributed by atoms with van der Waals surface area (Å²) in [7, 11) is 0.143. The van der Waals surface area contributed by atoms with E-state index in [-0.39, 0.29) is 21.6 Å². The SMILES string of the molecule is COC(=O)C1=C(O)C=CC(=O)C1=NC(C(=O)NC1C(=O)[S+]2CC(Cl)=C(C(=O)O)NC12)c1ccccc1. The Kier molecular flexibility index (Phi) is 7.00. The molecule has 4 atom stereocenters. The zero-order valence-electron chi connectivity index (χ0n) is 18.6. The number of fused-ring (bicyclic) bond motifs is 1. The Morgan fingerprint density at radius 3 is 2.56 bits per heavy atom. The second-order valence-corrected chi connectivity index (χ2v) is 10.3. The van der Waals surface area contributed by atoms with Crippen LogP contribution in [0.5, 0.6) is 0 Å². The van der Waals surface area contributed by atoms with Gasteiger partial charge in [-0.25, -0.2) is 14.4 Å². The number of hydrogen-bond acceptors (Lipinski definition) is 9. The molecule has 36 heavy (non-hydrogen) atoms. The van der Waals surface area contributed by atoms with Crippen LogP contribution in [0.1, 0.15) is 11.6 Å². The van der Waals surface area contributed by atoms with Crippen LogP contribution < -0.4 is 10.6 Å². The highest BCUT2D eigenvalue weighted by atomic mass is 35.5. The molecule has 2 aliphatic heterocycles. The molecule has 4 N–H and O–H groups in total. The number of hydrogen-bond donors (Lipinski definition) is 4. The number of carbonyl (C=O) groups excluding carboxylic acids is 4. The highest BCUT2D eigenvalue weighted by Gasteiger charge is 2.64. The molecule has 0 radical (unpaired) electrons. The molecule has 0 aromatic heterocycles. The van der Waals surface area contributed by atoms with Gasteiger partial charge in [-0.3, -0.25) is 14.6 Å². The number of aliphatic carboxylic acids is 1. The molecule has 2 heterocycles. The number of carbonyl (C=O) groups is 5. The second-order valence-electron chi connectivity index (χ2n) is 7.77. The van der Waals surface area contributed by atoms with E-state index in [0.29, 0.717) is 5.56 Å². The average molecular weight is 533 g/mol. The highest BCUT2D eigenvalue weighted by Crippen LogP contribution is 2.34. The molecule has 1 aromatic rings. The summed E-state index contributed by atoms with van der Waals surface area (Å²) in [4.78, 5) is 66.6. The smallest absolute Gasteiger partial charge is 0.363 e. The molecule has 4 unspecified atom stereocenters. The lowest BCUT2D eigenvalue weighted by atomic mass is 9.98. The van der Waals surface area contributed by atoms with Crippen LogP contribution >= 0.6 is 11.6 Å². The minimum atomic E-state index is -1.39.